The molecule has 0 bridgehead atoms. The molecule has 1 aliphatic carbocycles. The fraction of sp³-hybridized carbons (Fsp3) is 1.00. The monoisotopic (exact) mass is 305 g/mol. The van der Waals surface area contributed by atoms with Crippen molar-refractivity contribution in [3.05, 3.63) is 0 Å². The molecule has 5 N–H and O–H groups in total. The molecule has 2 rings (SSSR count). The summed E-state index contributed by atoms with van der Waals surface area (Å²) in [6, 6.07) is 0.0904. The van der Waals surface area contributed by atoms with E-state index in [9.17, 15) is 8.42 Å². The molecule has 1 heterocycles. The lowest BCUT2D eigenvalue weighted by molar-refractivity contribution is 0.343. The van der Waals surface area contributed by atoms with Crippen molar-refractivity contribution in [1.29, 1.82) is 0 Å². The molecule has 0 aromatic carbocycles. The lowest BCUT2D eigenvalue weighted by Crippen LogP contribution is -2.46. The number of rotatable bonds is 7. The van der Waals surface area contributed by atoms with Gasteiger partial charge in [0.2, 0.25) is 0 Å². The van der Waals surface area contributed by atoms with E-state index in [0.717, 1.165) is 12.8 Å². The minimum Gasteiger partial charge on any atom is -0.427 e. The molecular formula is C11H24BN3O4S. The van der Waals surface area contributed by atoms with Crippen LogP contribution in [0, 0.1) is 5.92 Å². The van der Waals surface area contributed by atoms with Gasteiger partial charge in [0.25, 0.3) is 10.2 Å². The van der Waals surface area contributed by atoms with Crippen molar-refractivity contribution in [2.45, 2.75) is 50.5 Å². The van der Waals surface area contributed by atoms with Crippen LogP contribution in [0.2, 0.25) is 6.32 Å². The molecular weight excluding hydrogens is 281 g/mol. The molecule has 9 heteroatoms. The van der Waals surface area contributed by atoms with Gasteiger partial charge in [-0.25, -0.2) is 0 Å². The summed E-state index contributed by atoms with van der Waals surface area (Å²) >= 11 is 0. The van der Waals surface area contributed by atoms with E-state index in [1.165, 1.54) is 4.31 Å². The largest absolute Gasteiger partial charge is 0.451 e. The topological polar surface area (TPSA) is 116 Å². The van der Waals surface area contributed by atoms with Crippen LogP contribution < -0.4 is 10.5 Å². The Hall–Kier alpha value is -0.185. The maximum atomic E-state index is 12.2. The van der Waals surface area contributed by atoms with Crippen molar-refractivity contribution in [3.8, 4) is 0 Å². The first kappa shape index (κ1) is 16.2. The van der Waals surface area contributed by atoms with E-state index in [4.69, 9.17) is 15.8 Å². The van der Waals surface area contributed by atoms with Crippen LogP contribution in [-0.4, -0.2) is 54.6 Å². The SMILES string of the molecule is C[C@]1(N)CN(S(=O)(=O)NC2CC2)C[C@@H]1CCCB(O)O. The molecule has 0 amide bonds. The fourth-order valence-corrected chi connectivity index (χ4v) is 4.30. The van der Waals surface area contributed by atoms with E-state index in [1.54, 1.807) is 0 Å². The van der Waals surface area contributed by atoms with Gasteiger partial charge in [-0.3, -0.25) is 0 Å². The van der Waals surface area contributed by atoms with E-state index in [0.29, 0.717) is 32.3 Å². The van der Waals surface area contributed by atoms with Crippen LogP contribution in [0.5, 0.6) is 0 Å². The van der Waals surface area contributed by atoms with Crippen molar-refractivity contribution in [2.75, 3.05) is 13.1 Å². The summed E-state index contributed by atoms with van der Waals surface area (Å²) in [7, 11) is -4.75. The number of nitrogens with one attached hydrogen (secondary N) is 1. The second kappa shape index (κ2) is 5.90. The van der Waals surface area contributed by atoms with Crippen LogP contribution >= 0.6 is 0 Å². The number of hydrogen-bond acceptors (Lipinski definition) is 5. The number of nitrogens with two attached hydrogens (primary N) is 1. The van der Waals surface area contributed by atoms with Gasteiger partial charge in [0, 0.05) is 24.7 Å². The molecule has 0 unspecified atom stereocenters. The summed E-state index contributed by atoms with van der Waals surface area (Å²) in [6.45, 7) is 2.57. The zero-order valence-corrected chi connectivity index (χ0v) is 12.6. The molecule has 2 fully saturated rings. The minimum absolute atomic E-state index is 0.0389. The average molecular weight is 305 g/mol. The van der Waals surface area contributed by atoms with Gasteiger partial charge < -0.3 is 15.8 Å². The molecule has 20 heavy (non-hydrogen) atoms. The highest BCUT2D eigenvalue weighted by Gasteiger charge is 2.45. The van der Waals surface area contributed by atoms with Gasteiger partial charge in [-0.05, 0) is 38.4 Å². The Morgan fingerprint density at radius 2 is 2.10 bits per heavy atom. The van der Waals surface area contributed by atoms with Crippen LogP contribution in [0.4, 0.5) is 0 Å². The summed E-state index contributed by atoms with van der Waals surface area (Å²) in [5, 5.41) is 17.7. The summed E-state index contributed by atoms with van der Waals surface area (Å²) < 4.78 is 28.4. The Morgan fingerprint density at radius 3 is 2.65 bits per heavy atom. The molecule has 0 aromatic heterocycles. The summed E-state index contributed by atoms with van der Waals surface area (Å²) in [5.74, 6) is 0.0389. The highest BCUT2D eigenvalue weighted by molar-refractivity contribution is 7.87. The van der Waals surface area contributed by atoms with Crippen LogP contribution in [0.25, 0.3) is 0 Å². The van der Waals surface area contributed by atoms with Gasteiger partial charge in [-0.15, -0.1) is 0 Å². The maximum Gasteiger partial charge on any atom is 0.451 e. The first-order valence-electron chi connectivity index (χ1n) is 7.13. The fourth-order valence-electron chi connectivity index (χ4n) is 2.67. The smallest absolute Gasteiger partial charge is 0.427 e. The normalized spacial score (nSPS) is 31.7. The Morgan fingerprint density at radius 1 is 1.45 bits per heavy atom. The third-order valence-corrected chi connectivity index (χ3v) is 5.71. The molecule has 1 saturated carbocycles. The Bertz CT molecular complexity index is 439. The average Bonchev–Trinajstić information content (AvgIpc) is 3.02. The molecule has 1 saturated heterocycles. The van der Waals surface area contributed by atoms with Gasteiger partial charge in [-0.1, -0.05) is 6.42 Å². The second-order valence-corrected chi connectivity index (χ2v) is 8.01. The lowest BCUT2D eigenvalue weighted by Gasteiger charge is -2.25. The predicted molar refractivity (Wildman–Crippen MR) is 77.0 cm³/mol. The zero-order chi connectivity index (χ0) is 15.0. The van der Waals surface area contributed by atoms with Crippen molar-refractivity contribution in [2.24, 2.45) is 11.7 Å². The van der Waals surface area contributed by atoms with E-state index in [1.807, 2.05) is 6.92 Å². The molecule has 0 aromatic rings. The van der Waals surface area contributed by atoms with Crippen molar-refractivity contribution in [1.82, 2.24) is 9.03 Å². The second-order valence-electron chi connectivity index (χ2n) is 6.30. The zero-order valence-electron chi connectivity index (χ0n) is 11.8. The van der Waals surface area contributed by atoms with Gasteiger partial charge in [0.05, 0.1) is 0 Å². The maximum absolute atomic E-state index is 12.2. The Labute approximate surface area is 120 Å². The van der Waals surface area contributed by atoms with Gasteiger partial charge >= 0.3 is 7.12 Å². The number of hydrogen-bond donors (Lipinski definition) is 4. The molecule has 116 valence electrons. The first-order chi connectivity index (χ1) is 9.21. The summed E-state index contributed by atoms with van der Waals surface area (Å²) in [4.78, 5) is 0. The van der Waals surface area contributed by atoms with Crippen molar-refractivity contribution >= 4 is 17.3 Å². The van der Waals surface area contributed by atoms with E-state index < -0.39 is 22.9 Å². The Balaban J connectivity index is 1.91. The Kier molecular flexibility index (Phi) is 4.78. The van der Waals surface area contributed by atoms with Crippen molar-refractivity contribution in [3.63, 3.8) is 0 Å². The molecule has 2 atom stereocenters. The van der Waals surface area contributed by atoms with Gasteiger partial charge in [0.1, 0.15) is 0 Å². The van der Waals surface area contributed by atoms with Crippen LogP contribution in [0.15, 0.2) is 0 Å². The van der Waals surface area contributed by atoms with Crippen LogP contribution in [-0.2, 0) is 10.2 Å². The van der Waals surface area contributed by atoms with E-state index in [2.05, 4.69) is 4.72 Å². The van der Waals surface area contributed by atoms with Crippen LogP contribution in [0.1, 0.15) is 32.6 Å². The van der Waals surface area contributed by atoms with E-state index >= 15 is 0 Å². The quantitative estimate of drug-likeness (QED) is 0.445. The molecule has 0 radical (unpaired) electrons. The minimum atomic E-state index is -3.44. The predicted octanol–water partition coefficient (Wildman–Crippen LogP) is -1.11. The summed E-state index contributed by atoms with van der Waals surface area (Å²) in [6.07, 6.45) is 3.42. The van der Waals surface area contributed by atoms with E-state index in [-0.39, 0.29) is 12.0 Å². The third kappa shape index (κ3) is 4.16. The first-order valence-corrected chi connectivity index (χ1v) is 8.57. The van der Waals surface area contributed by atoms with Gasteiger partial charge in [-0.2, -0.15) is 17.4 Å². The molecule has 0 spiro atoms. The highest BCUT2D eigenvalue weighted by atomic mass is 32.2. The van der Waals surface area contributed by atoms with Crippen molar-refractivity contribution < 1.29 is 18.5 Å². The molecule has 7 nitrogen and oxygen atoms in total. The third-order valence-electron chi connectivity index (χ3n) is 4.12. The summed E-state index contributed by atoms with van der Waals surface area (Å²) in [5.41, 5.74) is 5.64. The van der Waals surface area contributed by atoms with Crippen LogP contribution in [0.3, 0.4) is 0 Å². The highest BCUT2D eigenvalue weighted by Crippen LogP contribution is 2.32. The lowest BCUT2D eigenvalue weighted by atomic mass is 9.79. The van der Waals surface area contributed by atoms with Gasteiger partial charge in [0.15, 0.2) is 0 Å². The molecule has 2 aliphatic rings. The standard InChI is InChI=1S/C11H24BN3O4S/c1-11(13)8-15(20(18,19)14-10-4-5-10)7-9(11)3-2-6-12(16)17/h9-10,14,16-17H,2-8,13H2,1H3/t9-,11-/m0/s1. The number of nitrogens with zero attached hydrogens (tertiary/aromatic N) is 1. The molecule has 1 aliphatic heterocycles.